The normalized spacial score (nSPS) is 16.5. The second-order valence-electron chi connectivity index (χ2n) is 5.57. The highest BCUT2D eigenvalue weighted by atomic mass is 32.2. The lowest BCUT2D eigenvalue weighted by Crippen LogP contribution is -2.11. The molecular formula is C17H18O3S. The minimum Gasteiger partial charge on any atom is -0.455 e. The zero-order valence-corrected chi connectivity index (χ0v) is 13.2. The molecule has 2 aromatic rings. The Kier molecular flexibility index (Phi) is 3.29. The van der Waals surface area contributed by atoms with E-state index in [1.807, 2.05) is 25.1 Å². The van der Waals surface area contributed by atoms with Crippen LogP contribution in [-0.4, -0.2) is 8.42 Å². The first-order valence-corrected chi connectivity index (χ1v) is 8.59. The molecule has 110 valence electrons. The second-order valence-corrected chi connectivity index (χ2v) is 7.46. The lowest BCUT2D eigenvalue weighted by atomic mass is 9.98. The number of sulfone groups is 1. The van der Waals surface area contributed by atoms with E-state index in [-0.39, 0.29) is 9.79 Å². The Bertz CT molecular complexity index is 807. The summed E-state index contributed by atoms with van der Waals surface area (Å²) in [6.07, 6.45) is 1.00. The van der Waals surface area contributed by atoms with Crippen LogP contribution < -0.4 is 4.74 Å². The number of benzene rings is 2. The molecule has 0 amide bonds. The van der Waals surface area contributed by atoms with Gasteiger partial charge in [0.1, 0.15) is 21.3 Å². The van der Waals surface area contributed by atoms with E-state index in [0.717, 1.165) is 17.5 Å². The molecule has 0 saturated carbocycles. The Hall–Kier alpha value is -1.81. The standard InChI is InChI=1S/C17H18O3S/c1-4-12(3)13-6-8-16-15(10-13)20-14-7-5-11(2)9-17(14)21(16,18)19/h5-10,12H,4H2,1-3H3. The summed E-state index contributed by atoms with van der Waals surface area (Å²) < 4.78 is 31.3. The quantitative estimate of drug-likeness (QED) is 0.702. The summed E-state index contributed by atoms with van der Waals surface area (Å²) >= 11 is 0. The van der Waals surface area contributed by atoms with Crippen LogP contribution in [0.25, 0.3) is 0 Å². The van der Waals surface area contributed by atoms with E-state index < -0.39 is 9.84 Å². The van der Waals surface area contributed by atoms with Gasteiger partial charge in [0.05, 0.1) is 0 Å². The molecule has 1 heterocycles. The molecular weight excluding hydrogens is 284 g/mol. The minimum absolute atomic E-state index is 0.256. The van der Waals surface area contributed by atoms with Gasteiger partial charge in [-0.3, -0.25) is 0 Å². The molecule has 0 fully saturated rings. The predicted molar refractivity (Wildman–Crippen MR) is 81.9 cm³/mol. The first kappa shape index (κ1) is 14.1. The van der Waals surface area contributed by atoms with E-state index in [9.17, 15) is 8.42 Å². The van der Waals surface area contributed by atoms with Gasteiger partial charge >= 0.3 is 0 Å². The van der Waals surface area contributed by atoms with Gasteiger partial charge in [-0.15, -0.1) is 0 Å². The molecule has 0 saturated heterocycles. The van der Waals surface area contributed by atoms with Crippen molar-refractivity contribution >= 4 is 9.84 Å². The molecule has 3 nitrogen and oxygen atoms in total. The van der Waals surface area contributed by atoms with Crippen molar-refractivity contribution in [1.29, 1.82) is 0 Å². The summed E-state index contributed by atoms with van der Waals surface area (Å²) in [5.74, 6) is 1.22. The van der Waals surface area contributed by atoms with Crippen molar-refractivity contribution < 1.29 is 13.2 Å². The molecule has 1 atom stereocenters. The fraction of sp³-hybridized carbons (Fsp3) is 0.294. The first-order valence-electron chi connectivity index (χ1n) is 7.11. The molecule has 0 aliphatic carbocycles. The summed E-state index contributed by atoms with van der Waals surface area (Å²) in [5.41, 5.74) is 2.00. The van der Waals surface area contributed by atoms with Gasteiger partial charge < -0.3 is 4.74 Å². The van der Waals surface area contributed by atoms with Crippen molar-refractivity contribution in [1.82, 2.24) is 0 Å². The maximum absolute atomic E-state index is 12.7. The van der Waals surface area contributed by atoms with Crippen molar-refractivity contribution in [2.24, 2.45) is 0 Å². The summed E-state index contributed by atoms with van der Waals surface area (Å²) in [5, 5.41) is 0. The summed E-state index contributed by atoms with van der Waals surface area (Å²) in [6, 6.07) is 10.6. The number of aryl methyl sites for hydroxylation is 1. The highest BCUT2D eigenvalue weighted by Crippen LogP contribution is 2.43. The number of ether oxygens (including phenoxy) is 1. The highest BCUT2D eigenvalue weighted by molar-refractivity contribution is 7.91. The molecule has 0 radical (unpaired) electrons. The van der Waals surface area contributed by atoms with Crippen molar-refractivity contribution in [3.05, 3.63) is 47.5 Å². The molecule has 0 spiro atoms. The summed E-state index contributed by atoms with van der Waals surface area (Å²) in [4.78, 5) is 0.513. The Morgan fingerprint density at radius 2 is 1.81 bits per heavy atom. The number of rotatable bonds is 2. The lowest BCUT2D eigenvalue weighted by Gasteiger charge is -2.22. The largest absolute Gasteiger partial charge is 0.455 e. The molecule has 21 heavy (non-hydrogen) atoms. The van der Waals surface area contributed by atoms with E-state index in [0.29, 0.717) is 17.4 Å². The predicted octanol–water partition coefficient (Wildman–Crippen LogP) is 4.45. The SMILES string of the molecule is CCC(C)c1ccc2c(c1)Oc1ccc(C)cc1S2(=O)=O. The molecule has 1 aliphatic heterocycles. The maximum atomic E-state index is 12.7. The van der Waals surface area contributed by atoms with Crippen LogP contribution in [0.3, 0.4) is 0 Å². The van der Waals surface area contributed by atoms with Gasteiger partial charge in [0.25, 0.3) is 0 Å². The van der Waals surface area contributed by atoms with Crippen LogP contribution in [0.15, 0.2) is 46.2 Å². The Balaban J connectivity index is 2.19. The average molecular weight is 302 g/mol. The molecule has 4 heteroatoms. The van der Waals surface area contributed by atoms with Crippen LogP contribution >= 0.6 is 0 Å². The van der Waals surface area contributed by atoms with Crippen LogP contribution in [0.1, 0.15) is 37.3 Å². The van der Waals surface area contributed by atoms with E-state index in [2.05, 4.69) is 13.8 Å². The highest BCUT2D eigenvalue weighted by Gasteiger charge is 2.31. The Morgan fingerprint density at radius 1 is 1.05 bits per heavy atom. The third-order valence-corrected chi connectivity index (χ3v) is 5.86. The van der Waals surface area contributed by atoms with Crippen LogP contribution in [0.2, 0.25) is 0 Å². The number of fused-ring (bicyclic) bond motifs is 2. The first-order chi connectivity index (χ1) is 9.93. The molecule has 1 unspecified atom stereocenters. The zero-order valence-electron chi connectivity index (χ0n) is 12.4. The molecule has 0 N–H and O–H groups in total. The zero-order chi connectivity index (χ0) is 15.2. The van der Waals surface area contributed by atoms with E-state index in [1.54, 1.807) is 18.2 Å². The Labute approximate surface area is 125 Å². The molecule has 0 aromatic heterocycles. The fourth-order valence-corrected chi connectivity index (χ4v) is 4.08. The van der Waals surface area contributed by atoms with Crippen LogP contribution in [0.4, 0.5) is 0 Å². The molecule has 3 rings (SSSR count). The van der Waals surface area contributed by atoms with Crippen LogP contribution in [-0.2, 0) is 9.84 Å². The molecule has 0 bridgehead atoms. The van der Waals surface area contributed by atoms with Gasteiger partial charge in [-0.2, -0.15) is 0 Å². The monoisotopic (exact) mass is 302 g/mol. The fourth-order valence-electron chi connectivity index (χ4n) is 2.52. The molecule has 2 aromatic carbocycles. The number of hydrogen-bond acceptors (Lipinski definition) is 3. The van der Waals surface area contributed by atoms with Gasteiger partial charge in [-0.05, 0) is 54.7 Å². The van der Waals surface area contributed by atoms with Crippen molar-refractivity contribution in [2.75, 3.05) is 0 Å². The lowest BCUT2D eigenvalue weighted by molar-refractivity contribution is 0.441. The second kappa shape index (κ2) is 4.88. The molecule has 1 aliphatic rings. The van der Waals surface area contributed by atoms with E-state index >= 15 is 0 Å². The van der Waals surface area contributed by atoms with Crippen molar-refractivity contribution in [3.63, 3.8) is 0 Å². The van der Waals surface area contributed by atoms with Gasteiger partial charge in [-0.1, -0.05) is 26.0 Å². The van der Waals surface area contributed by atoms with Crippen LogP contribution in [0.5, 0.6) is 11.5 Å². The topological polar surface area (TPSA) is 43.4 Å². The smallest absolute Gasteiger partial charge is 0.213 e. The minimum atomic E-state index is -3.50. The summed E-state index contributed by atoms with van der Waals surface area (Å²) in [6.45, 7) is 6.10. The van der Waals surface area contributed by atoms with Gasteiger partial charge in [-0.25, -0.2) is 8.42 Å². The van der Waals surface area contributed by atoms with Crippen molar-refractivity contribution in [2.45, 2.75) is 42.9 Å². The van der Waals surface area contributed by atoms with Crippen LogP contribution in [0, 0.1) is 6.92 Å². The van der Waals surface area contributed by atoms with Gasteiger partial charge in [0, 0.05) is 0 Å². The Morgan fingerprint density at radius 3 is 2.52 bits per heavy atom. The third kappa shape index (κ3) is 2.23. The third-order valence-electron chi connectivity index (χ3n) is 4.05. The maximum Gasteiger partial charge on any atom is 0.213 e. The van der Waals surface area contributed by atoms with Crippen molar-refractivity contribution in [3.8, 4) is 11.5 Å². The van der Waals surface area contributed by atoms with Gasteiger partial charge in [0.15, 0.2) is 0 Å². The average Bonchev–Trinajstić information content (AvgIpc) is 2.47. The summed E-state index contributed by atoms with van der Waals surface area (Å²) in [7, 11) is -3.50. The van der Waals surface area contributed by atoms with E-state index in [1.165, 1.54) is 0 Å². The number of hydrogen-bond donors (Lipinski definition) is 0. The van der Waals surface area contributed by atoms with E-state index in [4.69, 9.17) is 4.74 Å². The van der Waals surface area contributed by atoms with Gasteiger partial charge in [0.2, 0.25) is 9.84 Å².